The van der Waals surface area contributed by atoms with Crippen molar-refractivity contribution in [2.75, 3.05) is 9.80 Å². The maximum absolute atomic E-state index is 2.62. The van der Waals surface area contributed by atoms with Crippen LogP contribution in [0.25, 0.3) is 131 Å². The highest BCUT2D eigenvalue weighted by atomic mass is 15.2. The van der Waals surface area contributed by atoms with Crippen LogP contribution in [0.5, 0.6) is 0 Å². The van der Waals surface area contributed by atoms with Crippen molar-refractivity contribution >= 4 is 165 Å². The molecule has 16 aromatic carbocycles. The zero-order valence-corrected chi connectivity index (χ0v) is 48.3. The maximum atomic E-state index is 2.62. The average molecular weight is 1130 g/mol. The second kappa shape index (κ2) is 18.4. The standard InChI is InChI=1S/C84H51BN4/c1-2-20-52(21-3-1)53-46-82-84-83(47-53)89(55-39-43-67-63-27-7-5-23-59(63)61-25-9-11-29-65(61)73(67)49-55)81-51-57(87-78-36-18-14-32-70(78)71-33-15-19-37-79(71)87)41-45-75(81)85(84)74-44-40-56(86-76-34-16-12-30-68(76)69-31-13-17-35-77(69)86)50-80(74)88(82)54-38-42-66-62-26-6-4-22-58(62)60-24-8-10-28-64(60)72(66)48-54/h1-51H. The molecular formula is C84H51BN4. The Kier molecular flexibility index (Phi) is 10.1. The quantitative estimate of drug-likeness (QED) is 0.126. The molecule has 0 unspecified atom stereocenters. The van der Waals surface area contributed by atoms with E-state index in [4.69, 9.17) is 0 Å². The van der Waals surface area contributed by atoms with Gasteiger partial charge in [0.2, 0.25) is 0 Å². The highest BCUT2D eigenvalue weighted by Crippen LogP contribution is 2.50. The minimum atomic E-state index is -0.155. The predicted molar refractivity (Wildman–Crippen MR) is 380 cm³/mol. The first-order chi connectivity index (χ1) is 44.2. The molecular weight excluding hydrogens is 1080 g/mol. The lowest BCUT2D eigenvalue weighted by Crippen LogP contribution is -2.61. The average Bonchev–Trinajstić information content (AvgIpc) is 1.10. The molecule has 2 aromatic heterocycles. The highest BCUT2D eigenvalue weighted by Gasteiger charge is 2.44. The van der Waals surface area contributed by atoms with Gasteiger partial charge in [0.05, 0.1) is 22.1 Å². The molecule has 0 aliphatic carbocycles. The summed E-state index contributed by atoms with van der Waals surface area (Å²) in [6, 6.07) is 116. The summed E-state index contributed by atoms with van der Waals surface area (Å²) in [5, 5.41) is 20.0. The summed E-state index contributed by atoms with van der Waals surface area (Å²) in [5.41, 5.74) is 19.8. The number of para-hydroxylation sites is 4. The first-order valence-corrected chi connectivity index (χ1v) is 30.9. The van der Waals surface area contributed by atoms with Crippen LogP contribution in [0.3, 0.4) is 0 Å². The molecule has 0 fully saturated rings. The molecule has 20 rings (SSSR count). The molecule has 0 saturated carbocycles. The van der Waals surface area contributed by atoms with Crippen molar-refractivity contribution in [1.29, 1.82) is 0 Å². The van der Waals surface area contributed by atoms with Gasteiger partial charge in [0.1, 0.15) is 0 Å². The number of anilines is 6. The molecule has 0 amide bonds. The molecule has 0 radical (unpaired) electrons. The molecule has 4 heterocycles. The number of aromatic nitrogens is 2. The third-order valence-corrected chi connectivity index (χ3v) is 19.8. The van der Waals surface area contributed by atoms with E-state index >= 15 is 0 Å². The second-order valence-corrected chi connectivity index (χ2v) is 24.3. The van der Waals surface area contributed by atoms with E-state index < -0.39 is 0 Å². The molecule has 2 aliphatic rings. The Balaban J connectivity index is 0.926. The van der Waals surface area contributed by atoms with Gasteiger partial charge in [-0.15, -0.1) is 0 Å². The zero-order chi connectivity index (χ0) is 58.0. The molecule has 89 heavy (non-hydrogen) atoms. The molecule has 0 spiro atoms. The van der Waals surface area contributed by atoms with Crippen molar-refractivity contribution in [3.8, 4) is 22.5 Å². The van der Waals surface area contributed by atoms with E-state index in [-0.39, 0.29) is 6.71 Å². The normalized spacial score (nSPS) is 12.9. The number of hydrogen-bond acceptors (Lipinski definition) is 2. The molecule has 0 bridgehead atoms. The third-order valence-electron chi connectivity index (χ3n) is 19.8. The topological polar surface area (TPSA) is 16.3 Å². The van der Waals surface area contributed by atoms with Crippen LogP contribution in [-0.4, -0.2) is 15.8 Å². The number of fused-ring (bicyclic) bond motifs is 22. The van der Waals surface area contributed by atoms with Crippen LogP contribution in [-0.2, 0) is 0 Å². The molecule has 0 atom stereocenters. The van der Waals surface area contributed by atoms with Gasteiger partial charge in [0.15, 0.2) is 0 Å². The molecule has 0 saturated heterocycles. The molecule has 2 aliphatic heterocycles. The summed E-state index contributed by atoms with van der Waals surface area (Å²) < 4.78 is 4.96. The van der Waals surface area contributed by atoms with Crippen molar-refractivity contribution < 1.29 is 0 Å². The smallest absolute Gasteiger partial charge is 0.252 e. The zero-order valence-electron chi connectivity index (χ0n) is 48.3. The van der Waals surface area contributed by atoms with Crippen LogP contribution in [0.4, 0.5) is 34.1 Å². The SMILES string of the molecule is c1ccc(-c2cc3c4c(c2)N(c2ccc5c6ccccc6c6ccccc6c5c2)c2cc(-n5c6ccccc6c6ccccc65)ccc2B4c2ccc(-n4c5ccccc5c5ccccc54)cc2N3c2ccc3c4ccccc4c4ccccc4c3c2)cc1. The van der Waals surface area contributed by atoms with Crippen LogP contribution < -0.4 is 26.2 Å². The van der Waals surface area contributed by atoms with Crippen molar-refractivity contribution in [1.82, 2.24) is 9.13 Å². The van der Waals surface area contributed by atoms with Crippen LogP contribution in [0.1, 0.15) is 0 Å². The van der Waals surface area contributed by atoms with Crippen molar-refractivity contribution in [2.24, 2.45) is 0 Å². The Morgan fingerprint density at radius 2 is 0.483 bits per heavy atom. The Morgan fingerprint density at radius 3 is 0.843 bits per heavy atom. The molecule has 18 aromatic rings. The van der Waals surface area contributed by atoms with E-state index in [0.717, 1.165) is 56.6 Å². The van der Waals surface area contributed by atoms with Gasteiger partial charge >= 0.3 is 0 Å². The maximum Gasteiger partial charge on any atom is 0.252 e. The van der Waals surface area contributed by atoms with Gasteiger partial charge in [-0.1, -0.05) is 224 Å². The Bertz CT molecular complexity index is 5570. The van der Waals surface area contributed by atoms with Crippen molar-refractivity contribution in [2.45, 2.75) is 0 Å². The van der Waals surface area contributed by atoms with Gasteiger partial charge in [-0.25, -0.2) is 0 Å². The summed E-state index contributed by atoms with van der Waals surface area (Å²) >= 11 is 0. The fourth-order valence-corrected chi connectivity index (χ4v) is 16.1. The number of nitrogens with zero attached hydrogens (tertiary/aromatic N) is 4. The Hall–Kier alpha value is -11.7. The fourth-order valence-electron chi connectivity index (χ4n) is 16.1. The minimum absolute atomic E-state index is 0.155. The molecule has 4 nitrogen and oxygen atoms in total. The van der Waals surface area contributed by atoms with Crippen LogP contribution in [0.2, 0.25) is 0 Å². The Labute approximate surface area is 513 Å². The lowest BCUT2D eigenvalue weighted by molar-refractivity contribution is 1.17. The van der Waals surface area contributed by atoms with Crippen molar-refractivity contribution in [3.05, 3.63) is 309 Å². The second-order valence-electron chi connectivity index (χ2n) is 24.3. The van der Waals surface area contributed by atoms with Crippen LogP contribution in [0.15, 0.2) is 309 Å². The van der Waals surface area contributed by atoms with E-state index in [0.29, 0.717) is 0 Å². The summed E-state index contributed by atoms with van der Waals surface area (Å²) in [6.45, 7) is -0.155. The van der Waals surface area contributed by atoms with Crippen molar-refractivity contribution in [3.63, 3.8) is 0 Å². The fraction of sp³-hybridized carbons (Fsp3) is 0. The van der Waals surface area contributed by atoms with Gasteiger partial charge < -0.3 is 18.9 Å². The number of benzene rings is 16. The summed E-state index contributed by atoms with van der Waals surface area (Å²) in [7, 11) is 0. The largest absolute Gasteiger partial charge is 0.311 e. The van der Waals surface area contributed by atoms with E-state index in [1.807, 2.05) is 0 Å². The van der Waals surface area contributed by atoms with Crippen LogP contribution in [0, 0.1) is 0 Å². The third kappa shape index (κ3) is 6.84. The molecule has 410 valence electrons. The molecule has 5 heteroatoms. The number of hydrogen-bond donors (Lipinski definition) is 0. The highest BCUT2D eigenvalue weighted by molar-refractivity contribution is 7.00. The monoisotopic (exact) mass is 1130 g/mol. The number of rotatable bonds is 5. The summed E-state index contributed by atoms with van der Waals surface area (Å²) in [6.07, 6.45) is 0. The first kappa shape index (κ1) is 48.6. The summed E-state index contributed by atoms with van der Waals surface area (Å²) in [5.74, 6) is 0. The minimum Gasteiger partial charge on any atom is -0.311 e. The lowest BCUT2D eigenvalue weighted by atomic mass is 9.33. The van der Waals surface area contributed by atoms with Gasteiger partial charge in [0.25, 0.3) is 6.71 Å². The first-order valence-electron chi connectivity index (χ1n) is 30.9. The van der Waals surface area contributed by atoms with Gasteiger partial charge in [0, 0.05) is 67.0 Å². The van der Waals surface area contributed by atoms with Gasteiger partial charge in [-0.3, -0.25) is 0 Å². The Morgan fingerprint density at radius 1 is 0.191 bits per heavy atom. The van der Waals surface area contributed by atoms with E-state index in [1.165, 1.54) is 125 Å². The lowest BCUT2D eigenvalue weighted by Gasteiger charge is -2.45. The van der Waals surface area contributed by atoms with Crippen LogP contribution >= 0.6 is 0 Å². The van der Waals surface area contributed by atoms with Gasteiger partial charge in [-0.05, 0) is 177 Å². The van der Waals surface area contributed by atoms with Gasteiger partial charge in [-0.2, -0.15) is 0 Å². The van der Waals surface area contributed by atoms with E-state index in [9.17, 15) is 0 Å². The summed E-state index contributed by atoms with van der Waals surface area (Å²) in [4.78, 5) is 5.24. The molecule has 0 N–H and O–H groups in total. The predicted octanol–water partition coefficient (Wildman–Crippen LogP) is 20.5. The van der Waals surface area contributed by atoms with E-state index in [2.05, 4.69) is 328 Å². The van der Waals surface area contributed by atoms with E-state index in [1.54, 1.807) is 0 Å².